The second-order valence-electron chi connectivity index (χ2n) is 4.87. The van der Waals surface area contributed by atoms with Crippen LogP contribution in [-0.4, -0.2) is 24.4 Å². The molecule has 1 saturated heterocycles. The second-order valence-corrected chi connectivity index (χ2v) is 4.87. The minimum atomic E-state index is -0.444. The minimum Gasteiger partial charge on any atom is -0.494 e. The summed E-state index contributed by atoms with van der Waals surface area (Å²) in [6, 6.07) is 7.65. The van der Waals surface area contributed by atoms with Crippen LogP contribution >= 0.6 is 0 Å². The van der Waals surface area contributed by atoms with Crippen molar-refractivity contribution in [3.8, 4) is 5.75 Å². The van der Waals surface area contributed by atoms with Crippen LogP contribution in [0.3, 0.4) is 0 Å². The van der Waals surface area contributed by atoms with Gasteiger partial charge in [0.15, 0.2) is 0 Å². The topological polar surface area (TPSA) is 38.7 Å². The summed E-state index contributed by atoms with van der Waals surface area (Å²) < 4.78 is 11.3. The molecule has 0 amide bonds. The highest BCUT2D eigenvalue weighted by atomic mass is 16.5. The van der Waals surface area contributed by atoms with Gasteiger partial charge in [0.1, 0.15) is 5.75 Å². The van der Waals surface area contributed by atoms with Gasteiger partial charge in [-0.3, -0.25) is 0 Å². The summed E-state index contributed by atoms with van der Waals surface area (Å²) >= 11 is 0. The van der Waals surface area contributed by atoms with Gasteiger partial charge in [0, 0.05) is 6.61 Å². The van der Waals surface area contributed by atoms with E-state index in [4.69, 9.17) is 9.47 Å². The summed E-state index contributed by atoms with van der Waals surface area (Å²) in [5.41, 5.74) is 0.895. The fraction of sp³-hybridized carbons (Fsp3) is 0.600. The maximum Gasteiger partial charge on any atom is 0.119 e. The zero-order valence-electron chi connectivity index (χ0n) is 11.0. The number of rotatable bonds is 6. The van der Waals surface area contributed by atoms with Crippen molar-refractivity contribution in [2.24, 2.45) is 0 Å². The predicted octanol–water partition coefficient (Wildman–Crippen LogP) is 3.08. The molecule has 2 atom stereocenters. The van der Waals surface area contributed by atoms with E-state index in [1.807, 2.05) is 24.3 Å². The van der Waals surface area contributed by atoms with Crippen molar-refractivity contribution in [1.29, 1.82) is 0 Å². The first kappa shape index (κ1) is 13.4. The third kappa shape index (κ3) is 4.00. The van der Waals surface area contributed by atoms with Crippen LogP contribution in [0, 0.1) is 0 Å². The first-order valence-electron chi connectivity index (χ1n) is 6.78. The van der Waals surface area contributed by atoms with E-state index in [2.05, 4.69) is 0 Å². The Balaban J connectivity index is 1.70. The van der Waals surface area contributed by atoms with E-state index >= 15 is 0 Å². The normalized spacial score (nSPS) is 20.9. The van der Waals surface area contributed by atoms with Crippen LogP contribution in [0.15, 0.2) is 24.3 Å². The number of ether oxygens (including phenoxy) is 2. The van der Waals surface area contributed by atoms with Gasteiger partial charge in [0.05, 0.1) is 18.8 Å². The second kappa shape index (κ2) is 6.76. The first-order chi connectivity index (χ1) is 8.75. The van der Waals surface area contributed by atoms with Crippen LogP contribution < -0.4 is 4.74 Å². The van der Waals surface area contributed by atoms with Crippen molar-refractivity contribution in [2.45, 2.75) is 44.8 Å². The molecular formula is C15H22O3. The molecule has 1 aliphatic rings. The zero-order valence-corrected chi connectivity index (χ0v) is 11.0. The van der Waals surface area contributed by atoms with Crippen LogP contribution in [0.25, 0.3) is 0 Å². The molecule has 1 heterocycles. The van der Waals surface area contributed by atoms with Crippen LogP contribution in [0.2, 0.25) is 0 Å². The molecule has 0 aliphatic carbocycles. The highest BCUT2D eigenvalue weighted by molar-refractivity contribution is 5.29. The van der Waals surface area contributed by atoms with Gasteiger partial charge in [0.25, 0.3) is 0 Å². The van der Waals surface area contributed by atoms with Gasteiger partial charge in [0.2, 0.25) is 0 Å². The number of hydrogen-bond donors (Lipinski definition) is 1. The Labute approximate surface area is 109 Å². The van der Waals surface area contributed by atoms with E-state index in [0.29, 0.717) is 12.7 Å². The van der Waals surface area contributed by atoms with Crippen molar-refractivity contribution in [2.75, 3.05) is 13.2 Å². The molecule has 1 aromatic carbocycles. The van der Waals surface area contributed by atoms with Crippen molar-refractivity contribution < 1.29 is 14.6 Å². The third-order valence-corrected chi connectivity index (χ3v) is 3.30. The Morgan fingerprint density at radius 3 is 3.11 bits per heavy atom. The summed E-state index contributed by atoms with van der Waals surface area (Å²) in [5, 5.41) is 9.49. The molecule has 3 nitrogen and oxygen atoms in total. The fourth-order valence-electron chi connectivity index (χ4n) is 2.24. The standard InChI is InChI=1S/C15H22O3/c1-12(16)13-5-2-6-15(11-13)18-10-4-8-14-7-3-9-17-14/h2,5-6,11-12,14,16H,3-4,7-10H2,1H3. The van der Waals surface area contributed by atoms with E-state index in [1.54, 1.807) is 6.92 Å². The van der Waals surface area contributed by atoms with E-state index in [1.165, 1.54) is 12.8 Å². The van der Waals surface area contributed by atoms with Gasteiger partial charge in [-0.1, -0.05) is 12.1 Å². The van der Waals surface area contributed by atoms with Crippen LogP contribution in [-0.2, 0) is 4.74 Å². The van der Waals surface area contributed by atoms with E-state index < -0.39 is 6.10 Å². The maximum atomic E-state index is 9.49. The van der Waals surface area contributed by atoms with E-state index in [9.17, 15) is 5.11 Å². The largest absolute Gasteiger partial charge is 0.494 e. The summed E-state index contributed by atoms with van der Waals surface area (Å²) in [6.07, 6.45) is 4.48. The smallest absolute Gasteiger partial charge is 0.119 e. The van der Waals surface area contributed by atoms with Gasteiger partial charge in [-0.15, -0.1) is 0 Å². The molecule has 2 unspecified atom stereocenters. The van der Waals surface area contributed by atoms with E-state index in [-0.39, 0.29) is 0 Å². The molecule has 0 bridgehead atoms. The van der Waals surface area contributed by atoms with Gasteiger partial charge in [-0.05, 0) is 50.3 Å². The molecule has 100 valence electrons. The highest BCUT2D eigenvalue weighted by Crippen LogP contribution is 2.20. The number of aliphatic hydroxyl groups excluding tert-OH is 1. The molecule has 0 spiro atoms. The summed E-state index contributed by atoms with van der Waals surface area (Å²) in [4.78, 5) is 0. The van der Waals surface area contributed by atoms with Crippen molar-refractivity contribution >= 4 is 0 Å². The molecule has 1 aliphatic heterocycles. The Hall–Kier alpha value is -1.06. The Kier molecular flexibility index (Phi) is 5.02. The van der Waals surface area contributed by atoms with Crippen LogP contribution in [0.1, 0.15) is 44.3 Å². The van der Waals surface area contributed by atoms with Gasteiger partial charge in [-0.25, -0.2) is 0 Å². The molecule has 0 aromatic heterocycles. The fourth-order valence-corrected chi connectivity index (χ4v) is 2.24. The Morgan fingerprint density at radius 1 is 1.50 bits per heavy atom. The van der Waals surface area contributed by atoms with E-state index in [0.717, 1.165) is 30.8 Å². The number of aliphatic hydroxyl groups is 1. The van der Waals surface area contributed by atoms with Crippen molar-refractivity contribution in [3.05, 3.63) is 29.8 Å². The Morgan fingerprint density at radius 2 is 2.39 bits per heavy atom. The number of hydrogen-bond acceptors (Lipinski definition) is 3. The lowest BCUT2D eigenvalue weighted by Gasteiger charge is -2.11. The van der Waals surface area contributed by atoms with Crippen molar-refractivity contribution in [1.82, 2.24) is 0 Å². The lowest BCUT2D eigenvalue weighted by atomic mass is 10.1. The van der Waals surface area contributed by atoms with Gasteiger partial charge >= 0.3 is 0 Å². The molecule has 0 saturated carbocycles. The average molecular weight is 250 g/mol. The first-order valence-corrected chi connectivity index (χ1v) is 6.78. The molecule has 3 heteroatoms. The van der Waals surface area contributed by atoms with Crippen molar-refractivity contribution in [3.63, 3.8) is 0 Å². The molecule has 1 fully saturated rings. The summed E-state index contributed by atoms with van der Waals surface area (Å²) in [5.74, 6) is 0.834. The molecule has 1 N–H and O–H groups in total. The van der Waals surface area contributed by atoms with Crippen LogP contribution in [0.5, 0.6) is 5.75 Å². The molecule has 0 radical (unpaired) electrons. The molecular weight excluding hydrogens is 228 g/mol. The van der Waals surface area contributed by atoms with Gasteiger partial charge < -0.3 is 14.6 Å². The molecule has 1 aromatic rings. The monoisotopic (exact) mass is 250 g/mol. The molecule has 18 heavy (non-hydrogen) atoms. The predicted molar refractivity (Wildman–Crippen MR) is 70.8 cm³/mol. The summed E-state index contributed by atoms with van der Waals surface area (Å²) in [7, 11) is 0. The quantitative estimate of drug-likeness (QED) is 0.789. The maximum absolute atomic E-state index is 9.49. The lowest BCUT2D eigenvalue weighted by Crippen LogP contribution is -2.07. The SMILES string of the molecule is CC(O)c1cccc(OCCCC2CCCO2)c1. The lowest BCUT2D eigenvalue weighted by molar-refractivity contribution is 0.0981. The Bertz CT molecular complexity index is 357. The van der Waals surface area contributed by atoms with Crippen LogP contribution in [0.4, 0.5) is 0 Å². The number of benzene rings is 1. The highest BCUT2D eigenvalue weighted by Gasteiger charge is 2.14. The van der Waals surface area contributed by atoms with Gasteiger partial charge in [-0.2, -0.15) is 0 Å². The third-order valence-electron chi connectivity index (χ3n) is 3.30. The molecule has 2 rings (SSSR count). The summed E-state index contributed by atoms with van der Waals surface area (Å²) in [6.45, 7) is 3.39. The average Bonchev–Trinajstić information content (AvgIpc) is 2.88. The minimum absolute atomic E-state index is 0.442. The zero-order chi connectivity index (χ0) is 12.8.